The summed E-state index contributed by atoms with van der Waals surface area (Å²) >= 11 is 1.27. The Kier molecular flexibility index (Phi) is 3.92. The Morgan fingerprint density at radius 2 is 2.00 bits per heavy atom. The van der Waals surface area contributed by atoms with E-state index in [0.29, 0.717) is 21.9 Å². The Morgan fingerprint density at radius 1 is 1.15 bits per heavy atom. The van der Waals surface area contributed by atoms with Crippen molar-refractivity contribution in [2.75, 3.05) is 0 Å². The summed E-state index contributed by atoms with van der Waals surface area (Å²) in [6.45, 7) is 0. The topological polar surface area (TPSA) is 88.5 Å². The number of hydrogen-bond acceptors (Lipinski definition) is 7. The van der Waals surface area contributed by atoms with Crippen molar-refractivity contribution in [3.05, 3.63) is 24.0 Å². The van der Waals surface area contributed by atoms with E-state index in [0.717, 1.165) is 18.7 Å². The van der Waals surface area contributed by atoms with Gasteiger partial charge in [-0.3, -0.25) is 0 Å². The second kappa shape index (κ2) is 6.01. The first-order valence-electron chi connectivity index (χ1n) is 6.58. The van der Waals surface area contributed by atoms with E-state index in [9.17, 15) is 0 Å². The van der Waals surface area contributed by atoms with Crippen molar-refractivity contribution >= 4 is 11.8 Å². The summed E-state index contributed by atoms with van der Waals surface area (Å²) in [6.07, 6.45) is 8.99. The molecule has 20 heavy (non-hydrogen) atoms. The Labute approximate surface area is 120 Å². The summed E-state index contributed by atoms with van der Waals surface area (Å²) in [5, 5.41) is 18.0. The van der Waals surface area contributed by atoms with E-state index in [-0.39, 0.29) is 0 Å². The third-order valence-corrected chi connectivity index (χ3v) is 4.07. The molecule has 1 aliphatic carbocycles. The highest BCUT2D eigenvalue weighted by atomic mass is 32.2. The minimum absolute atomic E-state index is 0.294. The molecule has 2 aromatic rings. The molecule has 0 unspecified atom stereocenters. The van der Waals surface area contributed by atoms with Gasteiger partial charge in [0.1, 0.15) is 11.1 Å². The smallest absolute Gasteiger partial charge is 0.283 e. The molecule has 0 aliphatic heterocycles. The van der Waals surface area contributed by atoms with Gasteiger partial charge in [0.25, 0.3) is 5.22 Å². The number of hydrogen-bond donors (Lipinski definition) is 0. The molecule has 7 heteroatoms. The minimum Gasteiger partial charge on any atom is -0.415 e. The van der Waals surface area contributed by atoms with Crippen LogP contribution in [0.1, 0.15) is 49.6 Å². The van der Waals surface area contributed by atoms with Crippen LogP contribution >= 0.6 is 11.8 Å². The molecule has 0 atom stereocenters. The summed E-state index contributed by atoms with van der Waals surface area (Å²) in [5.41, 5.74) is 0.294. The lowest BCUT2D eigenvalue weighted by atomic mass is 9.89. The van der Waals surface area contributed by atoms with Gasteiger partial charge in [0.05, 0.1) is 12.4 Å². The van der Waals surface area contributed by atoms with Crippen LogP contribution in [0.25, 0.3) is 0 Å². The van der Waals surface area contributed by atoms with Crippen LogP contribution in [0.5, 0.6) is 0 Å². The maximum atomic E-state index is 8.67. The second-order valence-corrected chi connectivity index (χ2v) is 5.67. The Balaban J connectivity index is 1.68. The van der Waals surface area contributed by atoms with Crippen LogP contribution in [0, 0.1) is 11.3 Å². The van der Waals surface area contributed by atoms with E-state index in [4.69, 9.17) is 9.68 Å². The number of aromatic nitrogens is 4. The number of nitrogens with zero attached hydrogens (tertiary/aromatic N) is 5. The summed E-state index contributed by atoms with van der Waals surface area (Å²) in [4.78, 5) is 8.07. The molecule has 0 spiro atoms. The van der Waals surface area contributed by atoms with E-state index in [1.165, 1.54) is 43.4 Å². The zero-order valence-corrected chi connectivity index (χ0v) is 11.6. The van der Waals surface area contributed by atoms with Crippen LogP contribution in [0.3, 0.4) is 0 Å². The zero-order valence-electron chi connectivity index (χ0n) is 10.8. The van der Waals surface area contributed by atoms with Crippen LogP contribution in [0.2, 0.25) is 0 Å². The van der Waals surface area contributed by atoms with Crippen LogP contribution in [0.4, 0.5) is 0 Å². The van der Waals surface area contributed by atoms with Crippen molar-refractivity contribution in [1.82, 2.24) is 20.2 Å². The molecular weight excluding hydrogens is 274 g/mol. The number of nitriles is 1. The van der Waals surface area contributed by atoms with Gasteiger partial charge in [-0.05, 0) is 24.6 Å². The molecule has 0 saturated heterocycles. The number of rotatable bonds is 3. The van der Waals surface area contributed by atoms with Crippen molar-refractivity contribution < 1.29 is 4.42 Å². The lowest BCUT2D eigenvalue weighted by Gasteiger charge is -2.17. The molecule has 2 heterocycles. The predicted molar refractivity (Wildman–Crippen MR) is 71.0 cm³/mol. The van der Waals surface area contributed by atoms with Gasteiger partial charge >= 0.3 is 0 Å². The highest BCUT2D eigenvalue weighted by Gasteiger charge is 2.21. The maximum Gasteiger partial charge on any atom is 0.283 e. The average molecular weight is 287 g/mol. The highest BCUT2D eigenvalue weighted by Crippen LogP contribution is 2.33. The molecule has 0 N–H and O–H groups in total. The predicted octanol–water partition coefficient (Wildman–Crippen LogP) is 2.93. The van der Waals surface area contributed by atoms with E-state index in [1.54, 1.807) is 0 Å². The average Bonchev–Trinajstić information content (AvgIpc) is 2.97. The Bertz CT molecular complexity index is 612. The monoisotopic (exact) mass is 287 g/mol. The summed E-state index contributed by atoms with van der Waals surface area (Å²) in [6, 6.07) is 1.93. The second-order valence-electron chi connectivity index (χ2n) is 4.69. The molecule has 1 saturated carbocycles. The molecule has 6 nitrogen and oxygen atoms in total. The van der Waals surface area contributed by atoms with Gasteiger partial charge in [0, 0.05) is 5.92 Å². The molecule has 0 aromatic carbocycles. The van der Waals surface area contributed by atoms with Crippen molar-refractivity contribution in [2.45, 2.75) is 48.3 Å². The van der Waals surface area contributed by atoms with Crippen LogP contribution in [-0.2, 0) is 0 Å². The summed E-state index contributed by atoms with van der Waals surface area (Å²) in [7, 11) is 0. The van der Waals surface area contributed by atoms with Crippen molar-refractivity contribution in [3.63, 3.8) is 0 Å². The lowest BCUT2D eigenvalue weighted by Crippen LogP contribution is -2.04. The molecule has 0 bridgehead atoms. The van der Waals surface area contributed by atoms with Gasteiger partial charge in [-0.2, -0.15) is 5.26 Å². The van der Waals surface area contributed by atoms with Gasteiger partial charge in [-0.1, -0.05) is 19.3 Å². The summed E-state index contributed by atoms with van der Waals surface area (Å²) < 4.78 is 5.69. The minimum atomic E-state index is 0.294. The maximum absolute atomic E-state index is 8.67. The molecule has 3 rings (SSSR count). The molecule has 0 amide bonds. The first kappa shape index (κ1) is 13.1. The fraction of sp³-hybridized carbons (Fsp3) is 0.462. The van der Waals surface area contributed by atoms with E-state index in [1.807, 2.05) is 6.07 Å². The van der Waals surface area contributed by atoms with Gasteiger partial charge in [-0.25, -0.2) is 9.97 Å². The molecule has 2 aromatic heterocycles. The Hall–Kier alpha value is -1.94. The van der Waals surface area contributed by atoms with Crippen molar-refractivity contribution in [3.8, 4) is 6.07 Å². The summed E-state index contributed by atoms with van der Waals surface area (Å²) in [5.74, 6) is 1.13. The fourth-order valence-corrected chi connectivity index (χ4v) is 2.89. The van der Waals surface area contributed by atoms with E-state index >= 15 is 0 Å². The van der Waals surface area contributed by atoms with Gasteiger partial charge in [-0.15, -0.1) is 10.2 Å². The van der Waals surface area contributed by atoms with Crippen LogP contribution < -0.4 is 0 Å². The normalized spacial score (nSPS) is 15.9. The SMILES string of the molecule is N#Cc1cnc(Sc2nnc(C3CCCCC3)o2)cn1. The first-order chi connectivity index (χ1) is 9.85. The standard InChI is InChI=1S/C13H13N5OS/c14-6-10-7-16-11(8-15-10)20-13-18-17-12(19-13)9-4-2-1-3-5-9/h7-9H,1-5H2. The van der Waals surface area contributed by atoms with Gasteiger partial charge in [0.15, 0.2) is 5.69 Å². The van der Waals surface area contributed by atoms with E-state index in [2.05, 4.69) is 20.2 Å². The molecule has 1 aliphatic rings. The third-order valence-electron chi connectivity index (χ3n) is 3.31. The molecule has 0 radical (unpaired) electrons. The van der Waals surface area contributed by atoms with Crippen molar-refractivity contribution in [1.29, 1.82) is 5.26 Å². The molecular formula is C13H13N5OS. The Morgan fingerprint density at radius 3 is 2.70 bits per heavy atom. The largest absolute Gasteiger partial charge is 0.415 e. The molecule has 102 valence electrons. The first-order valence-corrected chi connectivity index (χ1v) is 7.40. The molecule has 1 fully saturated rings. The van der Waals surface area contributed by atoms with Crippen molar-refractivity contribution in [2.24, 2.45) is 0 Å². The lowest BCUT2D eigenvalue weighted by molar-refractivity contribution is 0.334. The third kappa shape index (κ3) is 2.96. The zero-order chi connectivity index (χ0) is 13.8. The highest BCUT2D eigenvalue weighted by molar-refractivity contribution is 7.99. The van der Waals surface area contributed by atoms with E-state index < -0.39 is 0 Å². The van der Waals surface area contributed by atoms with Gasteiger partial charge in [0.2, 0.25) is 5.89 Å². The van der Waals surface area contributed by atoms with Gasteiger partial charge < -0.3 is 4.42 Å². The van der Waals surface area contributed by atoms with Crippen LogP contribution in [-0.4, -0.2) is 20.2 Å². The quantitative estimate of drug-likeness (QED) is 0.857. The van der Waals surface area contributed by atoms with Crippen LogP contribution in [0.15, 0.2) is 27.1 Å². The fourth-order valence-electron chi connectivity index (χ4n) is 2.29.